The van der Waals surface area contributed by atoms with Crippen LogP contribution in [0.1, 0.15) is 20.3 Å². The van der Waals surface area contributed by atoms with Crippen molar-refractivity contribution in [2.45, 2.75) is 20.3 Å². The van der Waals surface area contributed by atoms with Crippen molar-refractivity contribution < 1.29 is 4.79 Å². The Morgan fingerprint density at radius 1 is 1.70 bits per heavy atom. The average molecular weight is 139 g/mol. The first-order valence-corrected chi connectivity index (χ1v) is 3.30. The van der Waals surface area contributed by atoms with E-state index in [4.69, 9.17) is 0 Å². The van der Waals surface area contributed by atoms with Crippen molar-refractivity contribution in [3.05, 3.63) is 24.4 Å². The van der Waals surface area contributed by atoms with Crippen molar-refractivity contribution >= 4 is 5.91 Å². The lowest BCUT2D eigenvalue weighted by Crippen LogP contribution is -2.18. The van der Waals surface area contributed by atoms with Crippen molar-refractivity contribution in [3.8, 4) is 0 Å². The van der Waals surface area contributed by atoms with Crippen LogP contribution >= 0.6 is 0 Å². The van der Waals surface area contributed by atoms with Gasteiger partial charge in [0, 0.05) is 12.6 Å². The van der Waals surface area contributed by atoms with E-state index in [0.29, 0.717) is 0 Å². The smallest absolute Gasteiger partial charge is 0.220 e. The molecule has 0 heterocycles. The van der Waals surface area contributed by atoms with Gasteiger partial charge >= 0.3 is 0 Å². The molecule has 0 aromatic rings. The topological polar surface area (TPSA) is 29.1 Å². The van der Waals surface area contributed by atoms with Crippen LogP contribution in [0.2, 0.25) is 0 Å². The summed E-state index contributed by atoms with van der Waals surface area (Å²) >= 11 is 0. The first-order valence-electron chi connectivity index (χ1n) is 3.30. The molecule has 56 valence electrons. The highest BCUT2D eigenvalue weighted by molar-refractivity contribution is 5.74. The van der Waals surface area contributed by atoms with Crippen molar-refractivity contribution in [1.82, 2.24) is 5.32 Å². The van der Waals surface area contributed by atoms with E-state index in [-0.39, 0.29) is 5.91 Å². The number of hydrogen-bond donors (Lipinski definition) is 1. The molecule has 2 nitrogen and oxygen atoms in total. The summed E-state index contributed by atoms with van der Waals surface area (Å²) in [4.78, 5) is 10.5. The Hall–Kier alpha value is -1.05. The molecule has 0 atom stereocenters. The molecule has 10 heavy (non-hydrogen) atoms. The van der Waals surface area contributed by atoms with Crippen LogP contribution in [0.25, 0.3) is 0 Å². The van der Waals surface area contributed by atoms with E-state index in [9.17, 15) is 4.79 Å². The second-order valence-electron chi connectivity index (χ2n) is 1.96. The Kier molecular flexibility index (Phi) is 4.29. The molecule has 0 aromatic heterocycles. The normalized spacial score (nSPS) is 10.8. The summed E-state index contributed by atoms with van der Waals surface area (Å²) in [7, 11) is 0. The van der Waals surface area contributed by atoms with E-state index in [1.807, 2.05) is 6.92 Å². The van der Waals surface area contributed by atoms with Gasteiger partial charge in [0.2, 0.25) is 5.91 Å². The SMILES string of the molecule is C=C/C=C(\CC)NC(C)=O. The Labute approximate surface area is 61.6 Å². The summed E-state index contributed by atoms with van der Waals surface area (Å²) in [5.41, 5.74) is 0.905. The van der Waals surface area contributed by atoms with Crippen LogP contribution in [0.15, 0.2) is 24.4 Å². The molecule has 0 aliphatic rings. The second-order valence-corrected chi connectivity index (χ2v) is 1.96. The number of carbonyl (C=O) groups excluding carboxylic acids is 1. The van der Waals surface area contributed by atoms with Crippen LogP contribution in [-0.2, 0) is 4.79 Å². The van der Waals surface area contributed by atoms with Gasteiger partial charge in [-0.1, -0.05) is 19.6 Å². The van der Waals surface area contributed by atoms with Gasteiger partial charge in [-0.15, -0.1) is 0 Å². The highest BCUT2D eigenvalue weighted by Gasteiger charge is 1.92. The average Bonchev–Trinajstić information content (AvgIpc) is 1.86. The highest BCUT2D eigenvalue weighted by Crippen LogP contribution is 1.94. The minimum atomic E-state index is -0.0325. The first kappa shape index (κ1) is 8.95. The lowest BCUT2D eigenvalue weighted by Gasteiger charge is -2.02. The van der Waals surface area contributed by atoms with Crippen LogP contribution in [0, 0.1) is 0 Å². The monoisotopic (exact) mass is 139 g/mol. The summed E-state index contributed by atoms with van der Waals surface area (Å²) < 4.78 is 0. The fraction of sp³-hybridized carbons (Fsp3) is 0.375. The number of carbonyl (C=O) groups is 1. The van der Waals surface area contributed by atoms with E-state index in [1.165, 1.54) is 6.92 Å². The number of rotatable bonds is 3. The molecule has 0 aromatic carbocycles. The third-order valence-corrected chi connectivity index (χ3v) is 1.04. The highest BCUT2D eigenvalue weighted by atomic mass is 16.1. The number of hydrogen-bond acceptors (Lipinski definition) is 1. The molecule has 1 amide bonds. The molecule has 0 unspecified atom stereocenters. The van der Waals surface area contributed by atoms with Gasteiger partial charge < -0.3 is 5.32 Å². The Morgan fingerprint density at radius 3 is 2.60 bits per heavy atom. The van der Waals surface area contributed by atoms with Crippen LogP contribution in [0.5, 0.6) is 0 Å². The molecule has 0 fully saturated rings. The summed E-state index contributed by atoms with van der Waals surface area (Å²) in [6, 6.07) is 0. The minimum absolute atomic E-state index is 0.0325. The number of nitrogens with one attached hydrogen (secondary N) is 1. The molecule has 0 radical (unpaired) electrons. The molecule has 0 saturated carbocycles. The van der Waals surface area contributed by atoms with Gasteiger partial charge in [0.1, 0.15) is 0 Å². The van der Waals surface area contributed by atoms with Gasteiger partial charge in [0.25, 0.3) is 0 Å². The first-order chi connectivity index (χ1) is 4.70. The van der Waals surface area contributed by atoms with Crippen molar-refractivity contribution in [3.63, 3.8) is 0 Å². The summed E-state index contributed by atoms with van der Waals surface area (Å²) in [5, 5.41) is 2.68. The minimum Gasteiger partial charge on any atom is -0.330 e. The lowest BCUT2D eigenvalue weighted by atomic mass is 10.3. The molecule has 0 bridgehead atoms. The van der Waals surface area contributed by atoms with E-state index in [1.54, 1.807) is 12.2 Å². The van der Waals surface area contributed by atoms with Gasteiger partial charge in [-0.3, -0.25) is 4.79 Å². The predicted molar refractivity (Wildman–Crippen MR) is 42.4 cm³/mol. The molecular weight excluding hydrogens is 126 g/mol. The largest absolute Gasteiger partial charge is 0.330 e. The molecule has 0 rings (SSSR count). The summed E-state index contributed by atoms with van der Waals surface area (Å²) in [6.45, 7) is 7.00. The van der Waals surface area contributed by atoms with Crippen LogP contribution < -0.4 is 5.32 Å². The molecule has 2 heteroatoms. The molecule has 1 N–H and O–H groups in total. The van der Waals surface area contributed by atoms with Gasteiger partial charge in [-0.05, 0) is 12.5 Å². The van der Waals surface area contributed by atoms with E-state index < -0.39 is 0 Å². The molecule has 0 saturated heterocycles. The molecule has 0 aliphatic carbocycles. The zero-order valence-electron chi connectivity index (χ0n) is 6.48. The molecule has 0 aliphatic heterocycles. The van der Waals surface area contributed by atoms with Gasteiger partial charge in [0.15, 0.2) is 0 Å². The van der Waals surface area contributed by atoms with Gasteiger partial charge in [-0.25, -0.2) is 0 Å². The maximum atomic E-state index is 10.5. The quantitative estimate of drug-likeness (QED) is 0.591. The number of amides is 1. The van der Waals surface area contributed by atoms with Gasteiger partial charge in [-0.2, -0.15) is 0 Å². The van der Waals surface area contributed by atoms with Crippen molar-refractivity contribution in [2.24, 2.45) is 0 Å². The van der Waals surface area contributed by atoms with E-state index >= 15 is 0 Å². The molecular formula is C8H13NO. The fourth-order valence-corrected chi connectivity index (χ4v) is 0.616. The maximum absolute atomic E-state index is 10.5. The third-order valence-electron chi connectivity index (χ3n) is 1.04. The van der Waals surface area contributed by atoms with E-state index in [2.05, 4.69) is 11.9 Å². The van der Waals surface area contributed by atoms with Crippen molar-refractivity contribution in [1.29, 1.82) is 0 Å². The Morgan fingerprint density at radius 2 is 2.30 bits per heavy atom. The van der Waals surface area contributed by atoms with Crippen LogP contribution in [0.3, 0.4) is 0 Å². The number of allylic oxidation sites excluding steroid dienone is 3. The lowest BCUT2D eigenvalue weighted by molar-refractivity contribution is -0.118. The summed E-state index contributed by atoms with van der Waals surface area (Å²) in [6.07, 6.45) is 4.28. The standard InChI is InChI=1S/C8H13NO/c1-4-6-8(5-2)9-7(3)10/h4,6H,1,5H2,2-3H3,(H,9,10)/b8-6+. The van der Waals surface area contributed by atoms with Gasteiger partial charge in [0.05, 0.1) is 0 Å². The maximum Gasteiger partial charge on any atom is 0.220 e. The Bertz CT molecular complexity index is 159. The summed E-state index contributed by atoms with van der Waals surface area (Å²) in [5.74, 6) is -0.0325. The second kappa shape index (κ2) is 4.79. The predicted octanol–water partition coefficient (Wildman–Crippen LogP) is 1.60. The zero-order valence-corrected chi connectivity index (χ0v) is 6.48. The Balaban J connectivity index is 3.95. The van der Waals surface area contributed by atoms with Crippen molar-refractivity contribution in [2.75, 3.05) is 0 Å². The van der Waals surface area contributed by atoms with Crippen LogP contribution in [0.4, 0.5) is 0 Å². The van der Waals surface area contributed by atoms with E-state index in [0.717, 1.165) is 12.1 Å². The zero-order chi connectivity index (χ0) is 7.98. The van der Waals surface area contributed by atoms with Crippen LogP contribution in [-0.4, -0.2) is 5.91 Å². The molecule has 0 spiro atoms. The fourth-order valence-electron chi connectivity index (χ4n) is 0.616. The third kappa shape index (κ3) is 3.89.